The summed E-state index contributed by atoms with van der Waals surface area (Å²) >= 11 is 0. The van der Waals surface area contributed by atoms with Gasteiger partial charge in [-0.25, -0.2) is 0 Å². The Labute approximate surface area is 389 Å². The molecule has 0 aromatic rings. The fourth-order valence-electron chi connectivity index (χ4n) is 7.35. The SMILES string of the molecule is CC\C=C/C=C\C=C/CCCCCCCCCC(=O)OC(COC(=O)CCC/C=C\C/C=C\C/C=C\CC)COC(=O)CCCCCCCCCCCCCCCCCCCCC. The maximum atomic E-state index is 12.8. The zero-order valence-corrected chi connectivity index (χ0v) is 41.3. The largest absolute Gasteiger partial charge is 0.462 e. The summed E-state index contributed by atoms with van der Waals surface area (Å²) in [5, 5.41) is 0. The van der Waals surface area contributed by atoms with Crippen LogP contribution in [0.2, 0.25) is 0 Å². The van der Waals surface area contributed by atoms with E-state index >= 15 is 0 Å². The van der Waals surface area contributed by atoms with Gasteiger partial charge in [-0.3, -0.25) is 14.4 Å². The first-order valence-electron chi connectivity index (χ1n) is 26.5. The van der Waals surface area contributed by atoms with Gasteiger partial charge in [0.15, 0.2) is 6.10 Å². The molecule has 0 aromatic carbocycles. The van der Waals surface area contributed by atoms with E-state index in [1.54, 1.807) is 0 Å². The van der Waals surface area contributed by atoms with E-state index < -0.39 is 6.10 Å². The van der Waals surface area contributed by atoms with Crippen molar-refractivity contribution in [1.29, 1.82) is 0 Å². The molecule has 6 nitrogen and oxygen atoms in total. The van der Waals surface area contributed by atoms with E-state index in [1.165, 1.54) is 122 Å². The molecular formula is C57H98O6. The van der Waals surface area contributed by atoms with Crippen LogP contribution >= 0.6 is 0 Å². The van der Waals surface area contributed by atoms with Crippen LogP contribution in [0, 0.1) is 0 Å². The third-order valence-corrected chi connectivity index (χ3v) is 11.3. The maximum absolute atomic E-state index is 12.8. The molecule has 0 aliphatic rings. The van der Waals surface area contributed by atoms with Gasteiger partial charge in [0.25, 0.3) is 0 Å². The van der Waals surface area contributed by atoms with Crippen LogP contribution in [0.5, 0.6) is 0 Å². The Morgan fingerprint density at radius 3 is 1.19 bits per heavy atom. The quantitative estimate of drug-likeness (QED) is 0.0199. The average Bonchev–Trinajstić information content (AvgIpc) is 3.28. The number of ether oxygens (including phenoxy) is 3. The topological polar surface area (TPSA) is 78.9 Å². The first-order valence-corrected chi connectivity index (χ1v) is 26.5. The number of allylic oxidation sites excluding steroid dienone is 12. The second-order valence-corrected chi connectivity index (χ2v) is 17.4. The van der Waals surface area contributed by atoms with E-state index in [-0.39, 0.29) is 37.5 Å². The van der Waals surface area contributed by atoms with E-state index in [0.29, 0.717) is 19.3 Å². The Balaban J connectivity index is 4.36. The average molecular weight is 879 g/mol. The molecule has 0 saturated heterocycles. The van der Waals surface area contributed by atoms with Gasteiger partial charge in [-0.05, 0) is 64.2 Å². The van der Waals surface area contributed by atoms with Crippen LogP contribution in [0.15, 0.2) is 72.9 Å². The number of unbranched alkanes of at least 4 members (excludes halogenated alkanes) is 26. The second-order valence-electron chi connectivity index (χ2n) is 17.4. The second kappa shape index (κ2) is 51.5. The minimum Gasteiger partial charge on any atom is -0.462 e. The maximum Gasteiger partial charge on any atom is 0.306 e. The molecule has 0 bridgehead atoms. The molecule has 1 atom stereocenters. The molecule has 0 aliphatic carbocycles. The summed E-state index contributed by atoms with van der Waals surface area (Å²) in [6, 6.07) is 0. The van der Waals surface area contributed by atoms with Crippen LogP contribution in [0.1, 0.15) is 252 Å². The smallest absolute Gasteiger partial charge is 0.306 e. The molecule has 63 heavy (non-hydrogen) atoms. The van der Waals surface area contributed by atoms with E-state index in [4.69, 9.17) is 14.2 Å². The fraction of sp³-hybridized carbons (Fsp3) is 0.737. The van der Waals surface area contributed by atoms with Crippen molar-refractivity contribution in [2.24, 2.45) is 0 Å². The highest BCUT2D eigenvalue weighted by molar-refractivity contribution is 5.71. The van der Waals surface area contributed by atoms with Crippen molar-refractivity contribution in [2.45, 2.75) is 258 Å². The molecule has 1 unspecified atom stereocenters. The number of hydrogen-bond acceptors (Lipinski definition) is 6. The summed E-state index contributed by atoms with van der Waals surface area (Å²) in [5.74, 6) is -0.959. The Hall–Kier alpha value is -3.15. The number of esters is 3. The molecule has 0 radical (unpaired) electrons. The first kappa shape index (κ1) is 59.9. The molecule has 0 aliphatic heterocycles. The normalized spacial score (nSPS) is 12.6. The highest BCUT2D eigenvalue weighted by Gasteiger charge is 2.19. The highest BCUT2D eigenvalue weighted by atomic mass is 16.6. The van der Waals surface area contributed by atoms with Crippen molar-refractivity contribution in [3.8, 4) is 0 Å². The van der Waals surface area contributed by atoms with Gasteiger partial charge in [0, 0.05) is 19.3 Å². The lowest BCUT2D eigenvalue weighted by Gasteiger charge is -2.18. The molecule has 0 rings (SSSR count). The van der Waals surface area contributed by atoms with Crippen molar-refractivity contribution in [3.63, 3.8) is 0 Å². The molecular weight excluding hydrogens is 781 g/mol. The Kier molecular flexibility index (Phi) is 48.9. The molecule has 362 valence electrons. The Bertz CT molecular complexity index is 1190. The van der Waals surface area contributed by atoms with Gasteiger partial charge in [-0.1, -0.05) is 241 Å². The number of rotatable bonds is 47. The molecule has 0 heterocycles. The molecule has 0 amide bonds. The van der Waals surface area contributed by atoms with Crippen molar-refractivity contribution in [2.75, 3.05) is 13.2 Å². The van der Waals surface area contributed by atoms with Gasteiger partial charge in [0.05, 0.1) is 0 Å². The van der Waals surface area contributed by atoms with Crippen LogP contribution < -0.4 is 0 Å². The summed E-state index contributed by atoms with van der Waals surface area (Å²) in [5.41, 5.74) is 0. The van der Waals surface area contributed by atoms with Crippen LogP contribution in [0.25, 0.3) is 0 Å². The molecule has 6 heteroatoms. The summed E-state index contributed by atoms with van der Waals surface area (Å²) in [6.07, 6.45) is 64.8. The lowest BCUT2D eigenvalue weighted by atomic mass is 10.0. The lowest BCUT2D eigenvalue weighted by molar-refractivity contribution is -0.167. The third kappa shape index (κ3) is 49.7. The van der Waals surface area contributed by atoms with Gasteiger partial charge >= 0.3 is 17.9 Å². The van der Waals surface area contributed by atoms with E-state index in [2.05, 4.69) is 93.7 Å². The van der Waals surface area contributed by atoms with Crippen LogP contribution in [-0.4, -0.2) is 37.2 Å². The number of hydrogen-bond donors (Lipinski definition) is 0. The molecule has 0 fully saturated rings. The van der Waals surface area contributed by atoms with Crippen molar-refractivity contribution < 1.29 is 28.6 Å². The summed E-state index contributed by atoms with van der Waals surface area (Å²) in [7, 11) is 0. The van der Waals surface area contributed by atoms with Gasteiger partial charge < -0.3 is 14.2 Å². The zero-order valence-electron chi connectivity index (χ0n) is 41.3. The molecule has 0 N–H and O–H groups in total. The minimum absolute atomic E-state index is 0.0944. The Morgan fingerprint density at radius 1 is 0.349 bits per heavy atom. The number of carbonyl (C=O) groups excluding carboxylic acids is 3. The van der Waals surface area contributed by atoms with Crippen molar-refractivity contribution >= 4 is 17.9 Å². The van der Waals surface area contributed by atoms with E-state index in [9.17, 15) is 14.4 Å². The summed E-state index contributed by atoms with van der Waals surface area (Å²) < 4.78 is 16.7. The Morgan fingerprint density at radius 2 is 0.714 bits per heavy atom. The zero-order chi connectivity index (χ0) is 45.8. The van der Waals surface area contributed by atoms with Crippen LogP contribution in [0.3, 0.4) is 0 Å². The summed E-state index contributed by atoms with van der Waals surface area (Å²) in [4.78, 5) is 37.9. The highest BCUT2D eigenvalue weighted by Crippen LogP contribution is 2.16. The third-order valence-electron chi connectivity index (χ3n) is 11.3. The molecule has 0 saturated carbocycles. The summed E-state index contributed by atoms with van der Waals surface area (Å²) in [6.45, 7) is 6.35. The van der Waals surface area contributed by atoms with Gasteiger partial charge in [-0.15, -0.1) is 0 Å². The predicted molar refractivity (Wildman–Crippen MR) is 270 cm³/mol. The standard InChI is InChI=1S/C57H98O6/c1-4-7-10-13-16-19-22-24-26-27-28-29-31-32-35-38-41-44-47-50-56(59)62-53-54(52-61-55(58)49-46-43-40-37-34-21-18-15-12-9-6-3)63-57(60)51-48-45-42-39-36-33-30-25-23-20-17-14-11-8-5-2/h8-9,11-12,14,17-18,20-21,23,37,40,54H,4-7,10,13,15-16,19,22,24-36,38-39,41-53H2,1-3H3/b11-8-,12-9-,17-14-,21-18-,23-20-,40-37-. The van der Waals surface area contributed by atoms with Gasteiger partial charge in [0.1, 0.15) is 13.2 Å². The van der Waals surface area contributed by atoms with Crippen LogP contribution in [0.4, 0.5) is 0 Å². The monoisotopic (exact) mass is 879 g/mol. The lowest BCUT2D eigenvalue weighted by Crippen LogP contribution is -2.30. The fourth-order valence-corrected chi connectivity index (χ4v) is 7.35. The van der Waals surface area contributed by atoms with Gasteiger partial charge in [-0.2, -0.15) is 0 Å². The van der Waals surface area contributed by atoms with Crippen molar-refractivity contribution in [1.82, 2.24) is 0 Å². The minimum atomic E-state index is -0.799. The van der Waals surface area contributed by atoms with Crippen molar-refractivity contribution in [3.05, 3.63) is 72.9 Å². The van der Waals surface area contributed by atoms with Crippen LogP contribution in [-0.2, 0) is 28.6 Å². The molecule has 0 aromatic heterocycles. The van der Waals surface area contributed by atoms with E-state index in [0.717, 1.165) is 83.5 Å². The van der Waals surface area contributed by atoms with E-state index in [1.807, 2.05) is 0 Å². The predicted octanol–water partition coefficient (Wildman–Crippen LogP) is 17.4. The van der Waals surface area contributed by atoms with Gasteiger partial charge in [0.2, 0.25) is 0 Å². The first-order chi connectivity index (χ1) is 31.0. The number of carbonyl (C=O) groups is 3. The molecule has 0 spiro atoms.